The average Bonchev–Trinajstić information content (AvgIpc) is 2.84. The van der Waals surface area contributed by atoms with Gasteiger partial charge in [-0.2, -0.15) is 0 Å². The van der Waals surface area contributed by atoms with Crippen LogP contribution in [0.15, 0.2) is 18.2 Å². The van der Waals surface area contributed by atoms with Gasteiger partial charge in [0.2, 0.25) is 5.95 Å². The van der Waals surface area contributed by atoms with Gasteiger partial charge < -0.3 is 9.88 Å². The van der Waals surface area contributed by atoms with E-state index in [9.17, 15) is 0 Å². The monoisotopic (exact) mass is 221 g/mol. The van der Waals surface area contributed by atoms with Gasteiger partial charge in [-0.1, -0.05) is 11.6 Å². The van der Waals surface area contributed by atoms with E-state index in [0.29, 0.717) is 0 Å². The Morgan fingerprint density at radius 2 is 2.07 bits per heavy atom. The smallest absolute Gasteiger partial charge is 0.203 e. The Labute approximate surface area is 93.1 Å². The number of benzene rings is 1. The van der Waals surface area contributed by atoms with Crippen LogP contribution >= 0.6 is 11.6 Å². The van der Waals surface area contributed by atoms with Crippen LogP contribution in [0.1, 0.15) is 12.8 Å². The van der Waals surface area contributed by atoms with Gasteiger partial charge in [-0.3, -0.25) is 0 Å². The molecule has 3 nitrogen and oxygen atoms in total. The number of nitrogens with zero attached hydrogens (tertiary/aromatic N) is 2. The molecular weight excluding hydrogens is 210 g/mol. The zero-order chi connectivity index (χ0) is 10.3. The maximum atomic E-state index is 5.93. The summed E-state index contributed by atoms with van der Waals surface area (Å²) in [6.07, 6.45) is 2.52. The highest BCUT2D eigenvalue weighted by atomic mass is 35.5. The summed E-state index contributed by atoms with van der Waals surface area (Å²) in [5.41, 5.74) is 2.01. The van der Waals surface area contributed by atoms with Gasteiger partial charge in [-0.05, 0) is 31.0 Å². The van der Waals surface area contributed by atoms with E-state index in [4.69, 9.17) is 11.6 Å². The summed E-state index contributed by atoms with van der Waals surface area (Å²) in [6.45, 7) is 2.21. The lowest BCUT2D eigenvalue weighted by molar-refractivity contribution is 0.922. The topological polar surface area (TPSA) is 31.9 Å². The lowest BCUT2D eigenvalue weighted by atomic mass is 10.3. The summed E-state index contributed by atoms with van der Waals surface area (Å²) >= 11 is 5.93. The zero-order valence-corrected chi connectivity index (χ0v) is 9.09. The number of H-pyrrole nitrogens is 1. The van der Waals surface area contributed by atoms with E-state index in [2.05, 4.69) is 14.9 Å². The van der Waals surface area contributed by atoms with Crippen molar-refractivity contribution in [2.45, 2.75) is 12.8 Å². The van der Waals surface area contributed by atoms with E-state index in [0.717, 1.165) is 35.1 Å². The number of halogens is 1. The Morgan fingerprint density at radius 1 is 1.27 bits per heavy atom. The minimum absolute atomic E-state index is 0.749. The molecule has 0 spiro atoms. The minimum atomic E-state index is 0.749. The van der Waals surface area contributed by atoms with Crippen molar-refractivity contribution in [2.24, 2.45) is 0 Å². The summed E-state index contributed by atoms with van der Waals surface area (Å²) in [7, 11) is 0. The lowest BCUT2D eigenvalue weighted by Gasteiger charge is -2.12. The van der Waals surface area contributed by atoms with Crippen LogP contribution in [-0.4, -0.2) is 23.1 Å². The van der Waals surface area contributed by atoms with Crippen LogP contribution in [0.3, 0.4) is 0 Å². The Bertz CT molecular complexity index is 486. The fraction of sp³-hybridized carbons (Fsp3) is 0.364. The van der Waals surface area contributed by atoms with Gasteiger partial charge in [-0.25, -0.2) is 4.98 Å². The van der Waals surface area contributed by atoms with Gasteiger partial charge >= 0.3 is 0 Å². The number of anilines is 1. The number of imidazole rings is 1. The van der Waals surface area contributed by atoms with Crippen LogP contribution < -0.4 is 4.90 Å². The third kappa shape index (κ3) is 1.57. The SMILES string of the molecule is Clc1ccc2nc(N3CCCC3)[nH]c2c1. The Kier molecular flexibility index (Phi) is 2.06. The van der Waals surface area contributed by atoms with E-state index in [-0.39, 0.29) is 0 Å². The Balaban J connectivity index is 2.05. The molecule has 1 N–H and O–H groups in total. The molecule has 2 aromatic rings. The van der Waals surface area contributed by atoms with Crippen molar-refractivity contribution >= 4 is 28.6 Å². The summed E-state index contributed by atoms with van der Waals surface area (Å²) in [4.78, 5) is 10.1. The van der Waals surface area contributed by atoms with Gasteiger partial charge in [0.25, 0.3) is 0 Å². The second kappa shape index (κ2) is 3.42. The van der Waals surface area contributed by atoms with Crippen LogP contribution in [0.25, 0.3) is 11.0 Å². The standard InChI is InChI=1S/C11H12ClN3/c12-8-3-4-9-10(7-8)14-11(13-9)15-5-1-2-6-15/h3-4,7H,1-2,5-6H2,(H,13,14). The Morgan fingerprint density at radius 3 is 2.87 bits per heavy atom. The Hall–Kier alpha value is -1.22. The zero-order valence-electron chi connectivity index (χ0n) is 8.33. The molecule has 1 aliphatic rings. The van der Waals surface area contributed by atoms with Crippen molar-refractivity contribution in [3.8, 4) is 0 Å². The van der Waals surface area contributed by atoms with Crippen molar-refractivity contribution < 1.29 is 0 Å². The number of aromatic nitrogens is 2. The highest BCUT2D eigenvalue weighted by Gasteiger charge is 2.15. The van der Waals surface area contributed by atoms with Crippen molar-refractivity contribution in [2.75, 3.05) is 18.0 Å². The fourth-order valence-electron chi connectivity index (χ4n) is 2.05. The third-order valence-electron chi connectivity index (χ3n) is 2.84. The first-order valence-corrected chi connectivity index (χ1v) is 5.61. The molecule has 0 bridgehead atoms. The van der Waals surface area contributed by atoms with E-state index in [1.807, 2.05) is 18.2 Å². The summed E-state index contributed by atoms with van der Waals surface area (Å²) in [5.74, 6) is 0.977. The molecule has 0 radical (unpaired) electrons. The van der Waals surface area contributed by atoms with Gasteiger partial charge in [-0.15, -0.1) is 0 Å². The number of aromatic amines is 1. The number of fused-ring (bicyclic) bond motifs is 1. The van der Waals surface area contributed by atoms with Gasteiger partial charge in [0.15, 0.2) is 0 Å². The molecule has 2 heterocycles. The molecule has 0 aliphatic carbocycles. The van der Waals surface area contributed by atoms with Crippen LogP contribution in [0.4, 0.5) is 5.95 Å². The average molecular weight is 222 g/mol. The molecule has 1 aromatic heterocycles. The molecule has 78 valence electrons. The summed E-state index contributed by atoms with van der Waals surface area (Å²) in [5, 5.41) is 0.749. The molecule has 0 saturated carbocycles. The molecule has 1 fully saturated rings. The molecule has 1 aromatic carbocycles. The number of rotatable bonds is 1. The van der Waals surface area contributed by atoms with Crippen molar-refractivity contribution in [3.63, 3.8) is 0 Å². The highest BCUT2D eigenvalue weighted by Crippen LogP contribution is 2.23. The number of nitrogens with one attached hydrogen (secondary N) is 1. The highest BCUT2D eigenvalue weighted by molar-refractivity contribution is 6.31. The van der Waals surface area contributed by atoms with E-state index in [1.54, 1.807) is 0 Å². The number of hydrogen-bond donors (Lipinski definition) is 1. The predicted molar refractivity (Wildman–Crippen MR) is 62.6 cm³/mol. The summed E-state index contributed by atoms with van der Waals surface area (Å²) < 4.78 is 0. The van der Waals surface area contributed by atoms with Crippen LogP contribution in [0, 0.1) is 0 Å². The first kappa shape index (κ1) is 9.04. The first-order valence-electron chi connectivity index (χ1n) is 5.23. The second-order valence-corrected chi connectivity index (χ2v) is 4.35. The molecule has 0 atom stereocenters. The number of hydrogen-bond acceptors (Lipinski definition) is 2. The van der Waals surface area contributed by atoms with Crippen molar-refractivity contribution in [3.05, 3.63) is 23.2 Å². The molecule has 0 amide bonds. The first-order chi connectivity index (χ1) is 7.33. The maximum absolute atomic E-state index is 5.93. The van der Waals surface area contributed by atoms with Gasteiger partial charge in [0.05, 0.1) is 11.0 Å². The molecule has 4 heteroatoms. The molecule has 1 saturated heterocycles. The maximum Gasteiger partial charge on any atom is 0.203 e. The van der Waals surface area contributed by atoms with Gasteiger partial charge in [0, 0.05) is 18.1 Å². The van der Waals surface area contributed by atoms with Crippen molar-refractivity contribution in [1.82, 2.24) is 9.97 Å². The molecule has 0 unspecified atom stereocenters. The van der Waals surface area contributed by atoms with E-state index < -0.39 is 0 Å². The van der Waals surface area contributed by atoms with Gasteiger partial charge in [0.1, 0.15) is 0 Å². The lowest BCUT2D eigenvalue weighted by Crippen LogP contribution is -2.18. The largest absolute Gasteiger partial charge is 0.342 e. The summed E-state index contributed by atoms with van der Waals surface area (Å²) in [6, 6.07) is 5.75. The molecule has 3 rings (SSSR count). The van der Waals surface area contributed by atoms with Crippen LogP contribution in [0.5, 0.6) is 0 Å². The fourth-order valence-corrected chi connectivity index (χ4v) is 2.22. The predicted octanol–water partition coefficient (Wildman–Crippen LogP) is 2.82. The van der Waals surface area contributed by atoms with E-state index in [1.165, 1.54) is 12.8 Å². The third-order valence-corrected chi connectivity index (χ3v) is 3.07. The normalized spacial score (nSPS) is 16.5. The van der Waals surface area contributed by atoms with Crippen molar-refractivity contribution in [1.29, 1.82) is 0 Å². The molecular formula is C11H12ClN3. The van der Waals surface area contributed by atoms with Crippen LogP contribution in [0.2, 0.25) is 5.02 Å². The molecule has 15 heavy (non-hydrogen) atoms. The second-order valence-electron chi connectivity index (χ2n) is 3.92. The van der Waals surface area contributed by atoms with E-state index >= 15 is 0 Å². The van der Waals surface area contributed by atoms with Crippen LogP contribution in [-0.2, 0) is 0 Å². The molecule has 1 aliphatic heterocycles. The minimum Gasteiger partial charge on any atom is -0.342 e. The quantitative estimate of drug-likeness (QED) is 0.803.